The molecule has 1 heterocycles. The molecule has 0 aliphatic carbocycles. The highest BCUT2D eigenvalue weighted by molar-refractivity contribution is 9.10. The molecule has 0 aliphatic rings. The van der Waals surface area contributed by atoms with E-state index in [1.165, 1.54) is 16.7 Å². The Labute approximate surface area is 129 Å². The molecule has 1 aromatic carbocycles. The molecule has 1 unspecified atom stereocenters. The molecule has 1 atom stereocenters. The van der Waals surface area contributed by atoms with Gasteiger partial charge in [0.15, 0.2) is 4.67 Å². The summed E-state index contributed by atoms with van der Waals surface area (Å²) in [7, 11) is 0. The largest absolute Gasteiger partial charge is 0.452 e. The van der Waals surface area contributed by atoms with Gasteiger partial charge in [-0.25, -0.2) is 0 Å². The van der Waals surface area contributed by atoms with Gasteiger partial charge in [-0.05, 0) is 64.1 Å². The van der Waals surface area contributed by atoms with Crippen molar-refractivity contribution < 1.29 is 4.42 Å². The molecule has 2 rings (SSSR count). The number of furan rings is 1. The molecule has 0 radical (unpaired) electrons. The maximum atomic E-state index is 5.74. The quantitative estimate of drug-likeness (QED) is 0.814. The summed E-state index contributed by atoms with van der Waals surface area (Å²) in [6.07, 6.45) is 2.15. The van der Waals surface area contributed by atoms with Crippen LogP contribution in [0, 0.1) is 0 Å². The van der Waals surface area contributed by atoms with Crippen molar-refractivity contribution >= 4 is 15.9 Å². The molecule has 0 saturated carbocycles. The standard InChI is InChI=1S/C17H22BrNO/c1-4-12-7-8-14(11-13(12)5-2)17(19-6-3)15-9-10-16(18)20-15/h7-11,17,19H,4-6H2,1-3H3. The topological polar surface area (TPSA) is 25.2 Å². The highest BCUT2D eigenvalue weighted by Gasteiger charge is 2.17. The van der Waals surface area contributed by atoms with Crippen molar-refractivity contribution in [3.8, 4) is 0 Å². The molecule has 1 N–H and O–H groups in total. The number of rotatable bonds is 6. The van der Waals surface area contributed by atoms with E-state index in [0.717, 1.165) is 29.8 Å². The van der Waals surface area contributed by atoms with Crippen molar-refractivity contribution in [2.24, 2.45) is 0 Å². The van der Waals surface area contributed by atoms with Crippen LogP contribution in [0.1, 0.15) is 49.3 Å². The molecular formula is C17H22BrNO. The molecule has 3 heteroatoms. The molecule has 1 aromatic heterocycles. The average molecular weight is 336 g/mol. The summed E-state index contributed by atoms with van der Waals surface area (Å²) < 4.78 is 6.51. The Kier molecular flexibility index (Phi) is 5.44. The Balaban J connectivity index is 2.39. The first-order valence-electron chi connectivity index (χ1n) is 7.29. The zero-order chi connectivity index (χ0) is 14.5. The zero-order valence-corrected chi connectivity index (χ0v) is 14.0. The summed E-state index contributed by atoms with van der Waals surface area (Å²) in [5, 5.41) is 3.50. The Morgan fingerprint density at radius 3 is 2.35 bits per heavy atom. The summed E-state index contributed by atoms with van der Waals surface area (Å²) in [5.41, 5.74) is 4.13. The molecule has 20 heavy (non-hydrogen) atoms. The lowest BCUT2D eigenvalue weighted by molar-refractivity contribution is 0.437. The second kappa shape index (κ2) is 7.09. The van der Waals surface area contributed by atoms with E-state index >= 15 is 0 Å². The zero-order valence-electron chi connectivity index (χ0n) is 12.4. The van der Waals surface area contributed by atoms with E-state index in [0.29, 0.717) is 0 Å². The van der Waals surface area contributed by atoms with Crippen LogP contribution in [-0.2, 0) is 12.8 Å². The molecule has 0 bridgehead atoms. The van der Waals surface area contributed by atoms with Gasteiger partial charge < -0.3 is 9.73 Å². The number of hydrogen-bond donors (Lipinski definition) is 1. The van der Waals surface area contributed by atoms with Crippen LogP contribution in [0.2, 0.25) is 0 Å². The monoisotopic (exact) mass is 335 g/mol. The smallest absolute Gasteiger partial charge is 0.169 e. The first-order valence-corrected chi connectivity index (χ1v) is 8.09. The van der Waals surface area contributed by atoms with Crippen LogP contribution in [0.3, 0.4) is 0 Å². The van der Waals surface area contributed by atoms with E-state index < -0.39 is 0 Å². The van der Waals surface area contributed by atoms with Crippen LogP contribution in [0.4, 0.5) is 0 Å². The van der Waals surface area contributed by atoms with Gasteiger partial charge in [0, 0.05) is 0 Å². The summed E-state index contributed by atoms with van der Waals surface area (Å²) in [6.45, 7) is 7.44. The third-order valence-corrected chi connectivity index (χ3v) is 4.04. The van der Waals surface area contributed by atoms with Crippen LogP contribution >= 0.6 is 15.9 Å². The molecule has 108 valence electrons. The van der Waals surface area contributed by atoms with Gasteiger partial charge >= 0.3 is 0 Å². The fraction of sp³-hybridized carbons (Fsp3) is 0.412. The number of hydrogen-bond acceptors (Lipinski definition) is 2. The highest BCUT2D eigenvalue weighted by Crippen LogP contribution is 2.28. The molecule has 0 aliphatic heterocycles. The predicted molar refractivity (Wildman–Crippen MR) is 87.1 cm³/mol. The van der Waals surface area contributed by atoms with E-state index in [4.69, 9.17) is 4.42 Å². The summed E-state index contributed by atoms with van der Waals surface area (Å²) >= 11 is 3.38. The van der Waals surface area contributed by atoms with E-state index in [1.54, 1.807) is 0 Å². The van der Waals surface area contributed by atoms with Gasteiger partial charge in [-0.1, -0.05) is 39.0 Å². The third-order valence-electron chi connectivity index (χ3n) is 3.61. The van der Waals surface area contributed by atoms with Gasteiger partial charge in [0.1, 0.15) is 5.76 Å². The summed E-state index contributed by atoms with van der Waals surface area (Å²) in [5.74, 6) is 0.949. The van der Waals surface area contributed by atoms with E-state index in [2.05, 4.69) is 60.2 Å². The molecule has 0 amide bonds. The van der Waals surface area contributed by atoms with E-state index in [-0.39, 0.29) is 6.04 Å². The second-order valence-corrected chi connectivity index (χ2v) is 5.65. The normalized spacial score (nSPS) is 12.6. The van der Waals surface area contributed by atoms with Crippen LogP contribution < -0.4 is 5.32 Å². The van der Waals surface area contributed by atoms with Gasteiger partial charge in [0.25, 0.3) is 0 Å². The minimum Gasteiger partial charge on any atom is -0.452 e. The van der Waals surface area contributed by atoms with Crippen molar-refractivity contribution in [2.75, 3.05) is 6.54 Å². The van der Waals surface area contributed by atoms with Crippen molar-refractivity contribution in [1.82, 2.24) is 5.32 Å². The van der Waals surface area contributed by atoms with Gasteiger partial charge in [-0.2, -0.15) is 0 Å². The van der Waals surface area contributed by atoms with Crippen molar-refractivity contribution in [1.29, 1.82) is 0 Å². The lowest BCUT2D eigenvalue weighted by atomic mass is 9.96. The average Bonchev–Trinajstić information content (AvgIpc) is 2.90. The van der Waals surface area contributed by atoms with Gasteiger partial charge in [-0.3, -0.25) is 0 Å². The molecule has 0 fully saturated rings. The summed E-state index contributed by atoms with van der Waals surface area (Å²) in [6, 6.07) is 10.8. The Bertz CT molecular complexity index is 562. The molecular weight excluding hydrogens is 314 g/mol. The maximum Gasteiger partial charge on any atom is 0.169 e. The van der Waals surface area contributed by atoms with E-state index in [9.17, 15) is 0 Å². The van der Waals surface area contributed by atoms with Crippen LogP contribution in [-0.4, -0.2) is 6.54 Å². The van der Waals surface area contributed by atoms with Crippen molar-refractivity contribution in [3.63, 3.8) is 0 Å². The van der Waals surface area contributed by atoms with Gasteiger partial charge in [0.05, 0.1) is 6.04 Å². The minimum absolute atomic E-state index is 0.113. The van der Waals surface area contributed by atoms with Crippen molar-refractivity contribution in [2.45, 2.75) is 39.7 Å². The first-order chi connectivity index (χ1) is 9.69. The lowest BCUT2D eigenvalue weighted by Gasteiger charge is -2.18. The van der Waals surface area contributed by atoms with E-state index in [1.807, 2.05) is 12.1 Å². The van der Waals surface area contributed by atoms with Crippen LogP contribution in [0.25, 0.3) is 0 Å². The van der Waals surface area contributed by atoms with Gasteiger partial charge in [0.2, 0.25) is 0 Å². The fourth-order valence-electron chi connectivity index (χ4n) is 2.57. The van der Waals surface area contributed by atoms with Crippen LogP contribution in [0.5, 0.6) is 0 Å². The molecule has 0 saturated heterocycles. The number of benzene rings is 1. The van der Waals surface area contributed by atoms with Crippen LogP contribution in [0.15, 0.2) is 39.4 Å². The lowest BCUT2D eigenvalue weighted by Crippen LogP contribution is -2.21. The minimum atomic E-state index is 0.113. The predicted octanol–water partition coefficient (Wildman–Crippen LogP) is 4.87. The fourth-order valence-corrected chi connectivity index (χ4v) is 2.89. The SMILES string of the molecule is CCNC(c1ccc(CC)c(CC)c1)c1ccc(Br)o1. The number of aryl methyl sites for hydroxylation is 2. The molecule has 2 nitrogen and oxygen atoms in total. The van der Waals surface area contributed by atoms with Crippen molar-refractivity contribution in [3.05, 3.63) is 57.5 Å². The molecule has 2 aromatic rings. The first kappa shape index (κ1) is 15.3. The molecule has 0 spiro atoms. The maximum absolute atomic E-state index is 5.74. The Morgan fingerprint density at radius 2 is 1.80 bits per heavy atom. The highest BCUT2D eigenvalue weighted by atomic mass is 79.9. The number of halogens is 1. The third kappa shape index (κ3) is 3.33. The Hall–Kier alpha value is -1.06. The van der Waals surface area contributed by atoms with Gasteiger partial charge in [-0.15, -0.1) is 0 Å². The Morgan fingerprint density at radius 1 is 1.05 bits per heavy atom. The number of nitrogens with one attached hydrogen (secondary N) is 1. The summed E-state index contributed by atoms with van der Waals surface area (Å²) in [4.78, 5) is 0. The second-order valence-electron chi connectivity index (χ2n) is 4.87.